The Morgan fingerprint density at radius 1 is 0.952 bits per heavy atom. The molecule has 0 aliphatic carbocycles. The first-order valence-corrected chi connectivity index (χ1v) is 8.04. The number of rotatable bonds is 7. The molecule has 0 aliphatic heterocycles. The highest BCUT2D eigenvalue weighted by atomic mass is 14.9. The molecule has 1 N–H and O–H groups in total. The van der Waals surface area contributed by atoms with Gasteiger partial charge in [-0.1, -0.05) is 66.6 Å². The summed E-state index contributed by atoms with van der Waals surface area (Å²) < 4.78 is 0. The second-order valence-corrected chi connectivity index (χ2v) is 5.91. The lowest BCUT2D eigenvalue weighted by Crippen LogP contribution is -2.20. The summed E-state index contributed by atoms with van der Waals surface area (Å²) in [6, 6.07) is 18.1. The van der Waals surface area contributed by atoms with Crippen LogP contribution in [0.4, 0.5) is 0 Å². The molecule has 112 valence electrons. The third-order valence-corrected chi connectivity index (χ3v) is 3.89. The van der Waals surface area contributed by atoms with Crippen LogP contribution in [0, 0.1) is 13.8 Å². The van der Waals surface area contributed by atoms with E-state index in [1.54, 1.807) is 0 Å². The number of hydrogen-bond acceptors (Lipinski definition) is 1. The van der Waals surface area contributed by atoms with Gasteiger partial charge in [0, 0.05) is 6.04 Å². The molecule has 0 saturated carbocycles. The van der Waals surface area contributed by atoms with E-state index in [1.807, 2.05) is 0 Å². The fourth-order valence-corrected chi connectivity index (χ4v) is 3.04. The lowest BCUT2D eigenvalue weighted by Gasteiger charge is -2.18. The summed E-state index contributed by atoms with van der Waals surface area (Å²) in [6.45, 7) is 7.56. The highest BCUT2D eigenvalue weighted by Crippen LogP contribution is 2.20. The second-order valence-electron chi connectivity index (χ2n) is 5.91. The molecule has 0 radical (unpaired) electrons. The highest BCUT2D eigenvalue weighted by Gasteiger charge is 2.09. The van der Waals surface area contributed by atoms with Crippen LogP contribution in [0.25, 0.3) is 0 Å². The molecule has 0 aromatic heterocycles. The van der Waals surface area contributed by atoms with Gasteiger partial charge in [0.05, 0.1) is 0 Å². The minimum Gasteiger partial charge on any atom is -0.310 e. The Balaban J connectivity index is 1.93. The quantitative estimate of drug-likeness (QED) is 0.755. The molecule has 0 spiro atoms. The van der Waals surface area contributed by atoms with Gasteiger partial charge in [-0.05, 0) is 50.8 Å². The Morgan fingerprint density at radius 2 is 1.62 bits per heavy atom. The molecule has 0 heterocycles. The monoisotopic (exact) mass is 281 g/mol. The van der Waals surface area contributed by atoms with Crippen LogP contribution in [-0.4, -0.2) is 6.54 Å². The van der Waals surface area contributed by atoms with Crippen LogP contribution in [0.5, 0.6) is 0 Å². The van der Waals surface area contributed by atoms with Crippen LogP contribution in [-0.2, 0) is 6.42 Å². The number of aryl methyl sites for hydroxylation is 3. The van der Waals surface area contributed by atoms with Crippen molar-refractivity contribution in [2.24, 2.45) is 0 Å². The van der Waals surface area contributed by atoms with Crippen LogP contribution >= 0.6 is 0 Å². The summed E-state index contributed by atoms with van der Waals surface area (Å²) in [7, 11) is 0. The lowest BCUT2D eigenvalue weighted by molar-refractivity contribution is 0.498. The van der Waals surface area contributed by atoms with E-state index in [4.69, 9.17) is 0 Å². The zero-order valence-corrected chi connectivity index (χ0v) is 13.5. The van der Waals surface area contributed by atoms with Gasteiger partial charge in [-0.3, -0.25) is 0 Å². The van der Waals surface area contributed by atoms with E-state index in [0.717, 1.165) is 13.0 Å². The molecular formula is C20H27N. The van der Waals surface area contributed by atoms with Gasteiger partial charge in [0.2, 0.25) is 0 Å². The van der Waals surface area contributed by atoms with Crippen molar-refractivity contribution in [3.63, 3.8) is 0 Å². The van der Waals surface area contributed by atoms with Gasteiger partial charge in [-0.15, -0.1) is 0 Å². The first kappa shape index (κ1) is 15.8. The molecule has 21 heavy (non-hydrogen) atoms. The summed E-state index contributed by atoms with van der Waals surface area (Å²) in [4.78, 5) is 0. The van der Waals surface area contributed by atoms with Crippen molar-refractivity contribution >= 4 is 0 Å². The molecule has 2 aromatic carbocycles. The largest absolute Gasteiger partial charge is 0.310 e. The van der Waals surface area contributed by atoms with Crippen molar-refractivity contribution in [1.29, 1.82) is 0 Å². The topological polar surface area (TPSA) is 12.0 Å². The zero-order chi connectivity index (χ0) is 15.1. The van der Waals surface area contributed by atoms with E-state index in [2.05, 4.69) is 74.6 Å². The third kappa shape index (κ3) is 5.02. The SMILES string of the molecule is CCNC(CCCc1cc(C)cc(C)c1)c1ccccc1. The van der Waals surface area contributed by atoms with Gasteiger partial charge in [-0.25, -0.2) is 0 Å². The molecule has 0 aliphatic rings. The van der Waals surface area contributed by atoms with Gasteiger partial charge in [-0.2, -0.15) is 0 Å². The molecule has 0 saturated heterocycles. The van der Waals surface area contributed by atoms with Gasteiger partial charge in [0.1, 0.15) is 0 Å². The zero-order valence-electron chi connectivity index (χ0n) is 13.5. The first-order chi connectivity index (χ1) is 10.2. The highest BCUT2D eigenvalue weighted by molar-refractivity contribution is 5.28. The Labute approximate surface area is 129 Å². The molecule has 2 aromatic rings. The Kier molecular flexibility index (Phi) is 6.01. The van der Waals surface area contributed by atoms with Crippen molar-refractivity contribution in [1.82, 2.24) is 5.32 Å². The van der Waals surface area contributed by atoms with Gasteiger partial charge < -0.3 is 5.32 Å². The maximum absolute atomic E-state index is 3.61. The van der Waals surface area contributed by atoms with Crippen molar-refractivity contribution in [3.05, 3.63) is 70.8 Å². The van der Waals surface area contributed by atoms with E-state index in [1.165, 1.54) is 35.1 Å². The smallest absolute Gasteiger partial charge is 0.0320 e. The number of benzene rings is 2. The molecule has 1 atom stereocenters. The predicted molar refractivity (Wildman–Crippen MR) is 91.7 cm³/mol. The predicted octanol–water partition coefficient (Wildman–Crippen LogP) is 4.98. The van der Waals surface area contributed by atoms with Gasteiger partial charge >= 0.3 is 0 Å². The Hall–Kier alpha value is -1.60. The van der Waals surface area contributed by atoms with Crippen LogP contribution in [0.1, 0.15) is 48.1 Å². The first-order valence-electron chi connectivity index (χ1n) is 8.04. The minimum atomic E-state index is 0.474. The number of hydrogen-bond donors (Lipinski definition) is 1. The molecule has 0 amide bonds. The van der Waals surface area contributed by atoms with E-state index >= 15 is 0 Å². The van der Waals surface area contributed by atoms with Gasteiger partial charge in [0.25, 0.3) is 0 Å². The summed E-state index contributed by atoms with van der Waals surface area (Å²) in [5, 5.41) is 3.61. The molecule has 1 heteroatoms. The second kappa shape index (κ2) is 7.99. The Morgan fingerprint density at radius 3 is 2.24 bits per heavy atom. The fourth-order valence-electron chi connectivity index (χ4n) is 3.04. The average molecular weight is 281 g/mol. The maximum Gasteiger partial charge on any atom is 0.0320 e. The molecule has 0 bridgehead atoms. The summed E-state index contributed by atoms with van der Waals surface area (Å²) >= 11 is 0. The van der Waals surface area contributed by atoms with Crippen LogP contribution in [0.3, 0.4) is 0 Å². The van der Waals surface area contributed by atoms with Gasteiger partial charge in [0.15, 0.2) is 0 Å². The van der Waals surface area contributed by atoms with Crippen molar-refractivity contribution in [2.75, 3.05) is 6.54 Å². The van der Waals surface area contributed by atoms with E-state index in [-0.39, 0.29) is 0 Å². The fraction of sp³-hybridized carbons (Fsp3) is 0.400. The van der Waals surface area contributed by atoms with Crippen molar-refractivity contribution in [2.45, 2.75) is 46.1 Å². The normalized spacial score (nSPS) is 12.3. The molecular weight excluding hydrogens is 254 g/mol. The average Bonchev–Trinajstić information content (AvgIpc) is 2.46. The summed E-state index contributed by atoms with van der Waals surface area (Å²) in [5.74, 6) is 0. The minimum absolute atomic E-state index is 0.474. The van der Waals surface area contributed by atoms with Crippen LogP contribution in [0.15, 0.2) is 48.5 Å². The Bertz CT molecular complexity index is 525. The maximum atomic E-state index is 3.61. The number of nitrogens with one attached hydrogen (secondary N) is 1. The lowest BCUT2D eigenvalue weighted by atomic mass is 9.97. The molecule has 1 unspecified atom stereocenters. The molecule has 0 fully saturated rings. The molecule has 2 rings (SSSR count). The molecule has 1 nitrogen and oxygen atoms in total. The summed E-state index contributed by atoms with van der Waals surface area (Å²) in [5.41, 5.74) is 5.61. The van der Waals surface area contributed by atoms with E-state index in [9.17, 15) is 0 Å². The van der Waals surface area contributed by atoms with Crippen LogP contribution in [0.2, 0.25) is 0 Å². The summed E-state index contributed by atoms with van der Waals surface area (Å²) in [6.07, 6.45) is 3.57. The van der Waals surface area contributed by atoms with E-state index < -0.39 is 0 Å². The third-order valence-electron chi connectivity index (χ3n) is 3.89. The van der Waals surface area contributed by atoms with Crippen molar-refractivity contribution < 1.29 is 0 Å². The van der Waals surface area contributed by atoms with Crippen LogP contribution < -0.4 is 5.32 Å². The van der Waals surface area contributed by atoms with Crippen molar-refractivity contribution in [3.8, 4) is 0 Å². The van der Waals surface area contributed by atoms with E-state index in [0.29, 0.717) is 6.04 Å². The standard InChI is InChI=1S/C20H27N/c1-4-21-20(19-10-6-5-7-11-19)12-8-9-18-14-16(2)13-17(3)15-18/h5-7,10-11,13-15,20-21H,4,8-9,12H2,1-3H3.